The molecule has 68 valence electrons. The molecule has 0 aliphatic heterocycles. The van der Waals surface area contributed by atoms with Gasteiger partial charge in [0.15, 0.2) is 0 Å². The SMILES string of the molecule is [CH]1C=CCC=C1.[Tc].c1ccccc1. The van der Waals surface area contributed by atoms with Crippen LogP contribution in [0.4, 0.5) is 0 Å². The van der Waals surface area contributed by atoms with E-state index < -0.39 is 0 Å². The molecular formula is C12H13Tc. The van der Waals surface area contributed by atoms with Gasteiger partial charge in [-0.05, 0) is 6.42 Å². The predicted octanol–water partition coefficient (Wildman–Crippen LogP) is 3.39. The third-order valence-corrected chi connectivity index (χ3v) is 1.43. The minimum absolute atomic E-state index is 0. The molecule has 2 radical (unpaired) electrons. The Morgan fingerprint density at radius 2 is 1.00 bits per heavy atom. The van der Waals surface area contributed by atoms with Crippen LogP contribution >= 0.6 is 0 Å². The Bertz CT molecular complexity index is 190. The van der Waals surface area contributed by atoms with E-state index in [0.29, 0.717) is 0 Å². The number of benzene rings is 1. The Labute approximate surface area is 93.7 Å². The Morgan fingerprint density at radius 3 is 1.15 bits per heavy atom. The summed E-state index contributed by atoms with van der Waals surface area (Å²) in [5.74, 6) is 0. The number of hydrogen-bond donors (Lipinski definition) is 0. The predicted molar refractivity (Wildman–Crippen MR) is 53.6 cm³/mol. The molecule has 0 atom stereocenters. The largest absolute Gasteiger partial charge is 0.0841 e. The molecule has 0 saturated carbocycles. The Kier molecular flexibility index (Phi) is 8.97. The molecule has 0 aromatic heterocycles. The first-order chi connectivity index (χ1) is 6.00. The quantitative estimate of drug-likeness (QED) is 0.666. The van der Waals surface area contributed by atoms with Crippen LogP contribution in [0.5, 0.6) is 0 Å². The maximum Gasteiger partial charge on any atom is 0.00443 e. The summed E-state index contributed by atoms with van der Waals surface area (Å²) in [4.78, 5) is 0. The van der Waals surface area contributed by atoms with Gasteiger partial charge >= 0.3 is 0 Å². The molecule has 0 unspecified atom stereocenters. The first-order valence-corrected chi connectivity index (χ1v) is 4.15. The van der Waals surface area contributed by atoms with Crippen molar-refractivity contribution >= 4 is 0 Å². The molecule has 1 heteroatoms. The molecule has 0 heterocycles. The van der Waals surface area contributed by atoms with Gasteiger partial charge in [0.25, 0.3) is 0 Å². The van der Waals surface area contributed by atoms with E-state index in [1.165, 1.54) is 0 Å². The van der Waals surface area contributed by atoms with Gasteiger partial charge in [-0.2, -0.15) is 0 Å². The van der Waals surface area contributed by atoms with Crippen LogP contribution in [-0.4, -0.2) is 0 Å². The zero-order chi connectivity index (χ0) is 8.49. The van der Waals surface area contributed by atoms with Crippen molar-refractivity contribution in [2.75, 3.05) is 0 Å². The fourth-order valence-electron chi connectivity index (χ4n) is 0.842. The van der Waals surface area contributed by atoms with Crippen molar-refractivity contribution in [3.63, 3.8) is 0 Å². The fourth-order valence-corrected chi connectivity index (χ4v) is 0.842. The summed E-state index contributed by atoms with van der Waals surface area (Å²) in [7, 11) is 0. The molecule has 0 amide bonds. The van der Waals surface area contributed by atoms with Crippen molar-refractivity contribution in [2.24, 2.45) is 0 Å². The Morgan fingerprint density at radius 1 is 0.615 bits per heavy atom. The molecular weight excluding hydrogens is 242 g/mol. The molecule has 0 saturated heterocycles. The maximum atomic E-state index is 2.12. The van der Waals surface area contributed by atoms with Gasteiger partial charge < -0.3 is 0 Å². The van der Waals surface area contributed by atoms with Crippen molar-refractivity contribution in [2.45, 2.75) is 6.42 Å². The summed E-state index contributed by atoms with van der Waals surface area (Å²) in [6.45, 7) is 0. The Balaban J connectivity index is 0.000000206. The summed E-state index contributed by atoms with van der Waals surface area (Å²) >= 11 is 0. The van der Waals surface area contributed by atoms with E-state index in [-0.39, 0.29) is 20.1 Å². The molecule has 0 N–H and O–H groups in total. The molecule has 0 bridgehead atoms. The smallest absolute Gasteiger partial charge is 0.00443 e. The zero-order valence-corrected chi connectivity index (χ0v) is 9.29. The first-order valence-electron chi connectivity index (χ1n) is 4.15. The normalized spacial score (nSPS) is 12.3. The summed E-state index contributed by atoms with van der Waals surface area (Å²) in [5, 5.41) is 0. The van der Waals surface area contributed by atoms with Gasteiger partial charge in [0.2, 0.25) is 0 Å². The molecule has 13 heavy (non-hydrogen) atoms. The Hall–Kier alpha value is -0.651. The van der Waals surface area contributed by atoms with E-state index in [4.69, 9.17) is 0 Å². The minimum Gasteiger partial charge on any atom is -0.0841 e. The van der Waals surface area contributed by atoms with Gasteiger partial charge in [-0.1, -0.05) is 60.7 Å². The van der Waals surface area contributed by atoms with Crippen molar-refractivity contribution in [1.29, 1.82) is 0 Å². The monoisotopic (exact) mass is 254 g/mol. The van der Waals surface area contributed by atoms with E-state index in [0.717, 1.165) is 6.42 Å². The second-order valence-electron chi connectivity index (χ2n) is 2.44. The van der Waals surface area contributed by atoms with Crippen LogP contribution in [0.3, 0.4) is 0 Å². The number of rotatable bonds is 0. The summed E-state index contributed by atoms with van der Waals surface area (Å²) in [6.07, 6.45) is 11.5. The molecule has 2 rings (SSSR count). The van der Waals surface area contributed by atoms with Crippen LogP contribution in [-0.2, 0) is 20.1 Å². The first kappa shape index (κ1) is 12.3. The zero-order valence-electron chi connectivity index (χ0n) is 7.44. The van der Waals surface area contributed by atoms with Crippen molar-refractivity contribution in [3.05, 3.63) is 67.1 Å². The van der Waals surface area contributed by atoms with Crippen LogP contribution in [0.2, 0.25) is 0 Å². The van der Waals surface area contributed by atoms with Gasteiger partial charge in [-0.25, -0.2) is 0 Å². The van der Waals surface area contributed by atoms with Crippen molar-refractivity contribution < 1.29 is 20.1 Å². The number of hydrogen-bond acceptors (Lipinski definition) is 0. The molecule has 1 aromatic rings. The van der Waals surface area contributed by atoms with Crippen molar-refractivity contribution in [3.8, 4) is 0 Å². The van der Waals surface area contributed by atoms with E-state index >= 15 is 0 Å². The number of allylic oxidation sites excluding steroid dienone is 4. The second-order valence-corrected chi connectivity index (χ2v) is 2.44. The fraction of sp³-hybridized carbons (Fsp3) is 0.0833. The maximum absolute atomic E-state index is 2.12. The summed E-state index contributed by atoms with van der Waals surface area (Å²) in [5.41, 5.74) is 0. The van der Waals surface area contributed by atoms with Crippen LogP contribution < -0.4 is 0 Å². The molecule has 0 nitrogen and oxygen atoms in total. The molecule has 0 spiro atoms. The summed E-state index contributed by atoms with van der Waals surface area (Å²) in [6, 6.07) is 12.0. The third-order valence-electron chi connectivity index (χ3n) is 1.43. The second kappa shape index (κ2) is 9.44. The van der Waals surface area contributed by atoms with Crippen LogP contribution in [0.1, 0.15) is 6.42 Å². The van der Waals surface area contributed by atoms with E-state index in [9.17, 15) is 0 Å². The van der Waals surface area contributed by atoms with E-state index in [1.54, 1.807) is 0 Å². The summed E-state index contributed by atoms with van der Waals surface area (Å²) < 4.78 is 0. The minimum atomic E-state index is 0. The topological polar surface area (TPSA) is 0 Å². The van der Waals surface area contributed by atoms with Gasteiger partial charge in [0.05, 0.1) is 0 Å². The molecule has 1 aromatic carbocycles. The van der Waals surface area contributed by atoms with Gasteiger partial charge in [0.1, 0.15) is 0 Å². The van der Waals surface area contributed by atoms with Gasteiger partial charge in [-0.15, -0.1) is 0 Å². The van der Waals surface area contributed by atoms with E-state index in [1.807, 2.05) is 42.8 Å². The third kappa shape index (κ3) is 7.70. The van der Waals surface area contributed by atoms with Crippen LogP contribution in [0.25, 0.3) is 0 Å². The molecule has 1 aliphatic rings. The molecule has 0 fully saturated rings. The average molecular weight is 255 g/mol. The van der Waals surface area contributed by atoms with Crippen LogP contribution in [0.15, 0.2) is 60.7 Å². The van der Waals surface area contributed by atoms with Crippen LogP contribution in [0, 0.1) is 6.42 Å². The average Bonchev–Trinajstić information content (AvgIpc) is 2.24. The standard InChI is InChI=1S/C6H7.C6H6.Tc/c2*1-2-4-6-5-3-1;/h1-5H,6H2;1-6H;. The van der Waals surface area contributed by atoms with Gasteiger partial charge in [-0.3, -0.25) is 0 Å². The molecule has 1 aliphatic carbocycles. The van der Waals surface area contributed by atoms with Gasteiger partial charge in [0, 0.05) is 26.5 Å². The van der Waals surface area contributed by atoms with Crippen molar-refractivity contribution in [1.82, 2.24) is 0 Å². The van der Waals surface area contributed by atoms with E-state index in [2.05, 4.69) is 24.3 Å².